The molecule has 0 heterocycles. The predicted molar refractivity (Wildman–Crippen MR) is 72.4 cm³/mol. The Kier molecular flexibility index (Phi) is 4.92. The first-order valence-electron chi connectivity index (χ1n) is 6.37. The van der Waals surface area contributed by atoms with Gasteiger partial charge in [-0.25, -0.2) is 0 Å². The minimum atomic E-state index is -1.30. The molecular formula is C15H22O4. The SMILES string of the molecule is COC(=O)C1(C(=O)OC)C=C(C)CC(=C(C)C)CC1. The minimum Gasteiger partial charge on any atom is -0.468 e. The summed E-state index contributed by atoms with van der Waals surface area (Å²) in [6, 6.07) is 0. The molecule has 4 heteroatoms. The van der Waals surface area contributed by atoms with Gasteiger partial charge >= 0.3 is 11.9 Å². The van der Waals surface area contributed by atoms with Crippen molar-refractivity contribution in [3.63, 3.8) is 0 Å². The first-order chi connectivity index (χ1) is 8.87. The van der Waals surface area contributed by atoms with Crippen LogP contribution in [0.15, 0.2) is 22.8 Å². The van der Waals surface area contributed by atoms with Crippen molar-refractivity contribution in [1.29, 1.82) is 0 Å². The van der Waals surface area contributed by atoms with E-state index in [4.69, 9.17) is 9.47 Å². The van der Waals surface area contributed by atoms with Crippen molar-refractivity contribution in [3.05, 3.63) is 22.8 Å². The van der Waals surface area contributed by atoms with Crippen LogP contribution in [-0.2, 0) is 19.1 Å². The van der Waals surface area contributed by atoms with Gasteiger partial charge in [-0.2, -0.15) is 0 Å². The highest BCUT2D eigenvalue weighted by Gasteiger charge is 2.47. The Balaban J connectivity index is 3.27. The Labute approximate surface area is 114 Å². The normalized spacial score (nSPS) is 18.2. The molecule has 0 aliphatic heterocycles. The zero-order chi connectivity index (χ0) is 14.6. The monoisotopic (exact) mass is 266 g/mol. The van der Waals surface area contributed by atoms with Crippen molar-refractivity contribution < 1.29 is 19.1 Å². The Bertz CT molecular complexity index is 423. The number of esters is 2. The molecule has 1 aliphatic rings. The number of ether oxygens (including phenoxy) is 2. The van der Waals surface area contributed by atoms with E-state index >= 15 is 0 Å². The highest BCUT2D eigenvalue weighted by Crippen LogP contribution is 2.38. The zero-order valence-corrected chi connectivity index (χ0v) is 12.3. The second kappa shape index (κ2) is 6.04. The van der Waals surface area contributed by atoms with Crippen LogP contribution < -0.4 is 0 Å². The van der Waals surface area contributed by atoms with E-state index in [0.29, 0.717) is 12.8 Å². The topological polar surface area (TPSA) is 52.6 Å². The van der Waals surface area contributed by atoms with Gasteiger partial charge in [0.15, 0.2) is 5.41 Å². The van der Waals surface area contributed by atoms with Gasteiger partial charge in [0.2, 0.25) is 0 Å². The molecule has 0 atom stereocenters. The number of carbonyl (C=O) groups is 2. The third-order valence-electron chi connectivity index (χ3n) is 3.61. The van der Waals surface area contributed by atoms with Crippen molar-refractivity contribution in [3.8, 4) is 0 Å². The molecule has 0 unspecified atom stereocenters. The average Bonchev–Trinajstić information content (AvgIpc) is 2.56. The summed E-state index contributed by atoms with van der Waals surface area (Å²) in [5, 5.41) is 0. The summed E-state index contributed by atoms with van der Waals surface area (Å²) in [6.45, 7) is 6.02. The van der Waals surface area contributed by atoms with Crippen LogP contribution in [0.1, 0.15) is 40.0 Å². The second-order valence-corrected chi connectivity index (χ2v) is 5.23. The molecule has 19 heavy (non-hydrogen) atoms. The number of methoxy groups -OCH3 is 2. The fraction of sp³-hybridized carbons (Fsp3) is 0.600. The van der Waals surface area contributed by atoms with Crippen LogP contribution in [0.25, 0.3) is 0 Å². The van der Waals surface area contributed by atoms with Gasteiger partial charge in [0.25, 0.3) is 0 Å². The van der Waals surface area contributed by atoms with E-state index in [9.17, 15) is 9.59 Å². The Morgan fingerprint density at radius 3 is 2.11 bits per heavy atom. The van der Waals surface area contributed by atoms with Gasteiger partial charge in [-0.1, -0.05) is 22.8 Å². The van der Waals surface area contributed by atoms with Crippen LogP contribution in [0.4, 0.5) is 0 Å². The van der Waals surface area contributed by atoms with E-state index in [1.54, 1.807) is 6.08 Å². The van der Waals surface area contributed by atoms with Crippen LogP contribution >= 0.6 is 0 Å². The summed E-state index contributed by atoms with van der Waals surface area (Å²) in [4.78, 5) is 24.2. The van der Waals surface area contributed by atoms with Gasteiger partial charge in [0, 0.05) is 0 Å². The molecule has 0 fully saturated rings. The summed E-state index contributed by atoms with van der Waals surface area (Å²) in [6.07, 6.45) is 3.59. The lowest BCUT2D eigenvalue weighted by Gasteiger charge is -2.24. The molecule has 0 spiro atoms. The van der Waals surface area contributed by atoms with Crippen molar-refractivity contribution in [2.45, 2.75) is 40.0 Å². The van der Waals surface area contributed by atoms with Gasteiger partial charge < -0.3 is 9.47 Å². The molecule has 0 N–H and O–H groups in total. The molecule has 0 aromatic carbocycles. The molecule has 0 saturated heterocycles. The first kappa shape index (κ1) is 15.5. The molecule has 0 radical (unpaired) electrons. The summed E-state index contributed by atoms with van der Waals surface area (Å²) >= 11 is 0. The number of hydrogen-bond donors (Lipinski definition) is 0. The quantitative estimate of drug-likeness (QED) is 0.438. The van der Waals surface area contributed by atoms with Crippen molar-refractivity contribution in [2.24, 2.45) is 5.41 Å². The lowest BCUT2D eigenvalue weighted by Crippen LogP contribution is -2.39. The molecule has 0 aromatic rings. The maximum Gasteiger partial charge on any atom is 0.327 e. The second-order valence-electron chi connectivity index (χ2n) is 5.23. The van der Waals surface area contributed by atoms with Crippen LogP contribution in [0.5, 0.6) is 0 Å². The fourth-order valence-corrected chi connectivity index (χ4v) is 2.51. The van der Waals surface area contributed by atoms with Crippen LogP contribution in [0, 0.1) is 5.41 Å². The highest BCUT2D eigenvalue weighted by atomic mass is 16.5. The van der Waals surface area contributed by atoms with E-state index in [2.05, 4.69) is 0 Å². The maximum atomic E-state index is 12.1. The number of hydrogen-bond acceptors (Lipinski definition) is 4. The summed E-state index contributed by atoms with van der Waals surface area (Å²) in [5.74, 6) is -1.09. The standard InChI is InChI=1S/C15H22O4/c1-10(2)12-6-7-15(13(16)18-4,14(17)19-5)9-11(3)8-12/h9H,6-8H2,1-5H3. The Hall–Kier alpha value is -1.58. The molecule has 0 amide bonds. The van der Waals surface area contributed by atoms with E-state index in [-0.39, 0.29) is 0 Å². The van der Waals surface area contributed by atoms with Gasteiger partial charge in [0.1, 0.15) is 0 Å². The third kappa shape index (κ3) is 3.06. The molecular weight excluding hydrogens is 244 g/mol. The maximum absolute atomic E-state index is 12.1. The largest absolute Gasteiger partial charge is 0.468 e. The first-order valence-corrected chi connectivity index (χ1v) is 6.37. The molecule has 4 nitrogen and oxygen atoms in total. The number of allylic oxidation sites excluding steroid dienone is 3. The predicted octanol–water partition coefficient (Wildman–Crippen LogP) is 2.79. The van der Waals surface area contributed by atoms with Gasteiger partial charge in [-0.15, -0.1) is 0 Å². The van der Waals surface area contributed by atoms with Gasteiger partial charge in [-0.05, 0) is 40.0 Å². The zero-order valence-electron chi connectivity index (χ0n) is 12.3. The lowest BCUT2D eigenvalue weighted by molar-refractivity contribution is -0.165. The minimum absolute atomic E-state index is 0.393. The molecule has 0 bridgehead atoms. The summed E-state index contributed by atoms with van der Waals surface area (Å²) in [7, 11) is 2.59. The van der Waals surface area contributed by atoms with Crippen molar-refractivity contribution in [1.82, 2.24) is 0 Å². The van der Waals surface area contributed by atoms with Crippen LogP contribution in [-0.4, -0.2) is 26.2 Å². The fourth-order valence-electron chi connectivity index (χ4n) is 2.51. The highest BCUT2D eigenvalue weighted by molar-refractivity contribution is 6.02. The summed E-state index contributed by atoms with van der Waals surface area (Å²) < 4.78 is 9.63. The molecule has 1 aliphatic carbocycles. The van der Waals surface area contributed by atoms with Crippen LogP contribution in [0.3, 0.4) is 0 Å². The Morgan fingerprint density at radius 1 is 1.16 bits per heavy atom. The molecule has 0 saturated carbocycles. The molecule has 106 valence electrons. The van der Waals surface area contributed by atoms with Crippen molar-refractivity contribution in [2.75, 3.05) is 14.2 Å². The Morgan fingerprint density at radius 2 is 1.68 bits per heavy atom. The van der Waals surface area contributed by atoms with Crippen molar-refractivity contribution >= 4 is 11.9 Å². The summed E-state index contributed by atoms with van der Waals surface area (Å²) in [5.41, 5.74) is 2.19. The van der Waals surface area contributed by atoms with E-state index in [1.807, 2.05) is 20.8 Å². The molecule has 0 aromatic heterocycles. The van der Waals surface area contributed by atoms with Gasteiger partial charge in [-0.3, -0.25) is 9.59 Å². The smallest absolute Gasteiger partial charge is 0.327 e. The van der Waals surface area contributed by atoms with Gasteiger partial charge in [0.05, 0.1) is 14.2 Å². The average molecular weight is 266 g/mol. The molecule has 1 rings (SSSR count). The van der Waals surface area contributed by atoms with E-state index in [0.717, 1.165) is 12.0 Å². The number of carbonyl (C=O) groups excluding carboxylic acids is 2. The van der Waals surface area contributed by atoms with E-state index < -0.39 is 17.4 Å². The lowest BCUT2D eigenvalue weighted by atomic mass is 9.82. The third-order valence-corrected chi connectivity index (χ3v) is 3.61. The number of rotatable bonds is 2. The van der Waals surface area contributed by atoms with Crippen LogP contribution in [0.2, 0.25) is 0 Å². The van der Waals surface area contributed by atoms with E-state index in [1.165, 1.54) is 25.4 Å².